The standard InChI is InChI=1S/C13H21NS/c1-11(2)9-14-10-13(5-6-13)8-12-4-3-7-15-12/h3-4,7,11,14H,5-6,8-10H2,1-2H3. The Labute approximate surface area is 96.9 Å². The van der Waals surface area contributed by atoms with E-state index in [2.05, 4.69) is 36.7 Å². The second-order valence-corrected chi connectivity index (χ2v) is 6.31. The van der Waals surface area contributed by atoms with Crippen LogP contribution >= 0.6 is 11.3 Å². The Kier molecular flexibility index (Phi) is 3.47. The lowest BCUT2D eigenvalue weighted by Gasteiger charge is -2.16. The molecule has 1 N–H and O–H groups in total. The first-order valence-electron chi connectivity index (χ1n) is 5.93. The van der Waals surface area contributed by atoms with Crippen LogP contribution in [0, 0.1) is 11.3 Å². The van der Waals surface area contributed by atoms with Gasteiger partial charge < -0.3 is 5.32 Å². The van der Waals surface area contributed by atoms with E-state index in [0.29, 0.717) is 5.41 Å². The number of hydrogen-bond donors (Lipinski definition) is 1. The van der Waals surface area contributed by atoms with Crippen LogP contribution in [0.1, 0.15) is 31.6 Å². The summed E-state index contributed by atoms with van der Waals surface area (Å²) in [5, 5.41) is 5.79. The van der Waals surface area contributed by atoms with Crippen LogP contribution in [-0.2, 0) is 6.42 Å². The van der Waals surface area contributed by atoms with Crippen LogP contribution < -0.4 is 5.32 Å². The Morgan fingerprint density at radius 2 is 2.27 bits per heavy atom. The van der Waals surface area contributed by atoms with Crippen molar-refractivity contribution >= 4 is 11.3 Å². The maximum Gasteiger partial charge on any atom is 0.00512 e. The molecule has 0 aromatic carbocycles. The fraction of sp³-hybridized carbons (Fsp3) is 0.692. The molecule has 0 amide bonds. The van der Waals surface area contributed by atoms with Crippen LogP contribution in [0.15, 0.2) is 17.5 Å². The number of nitrogens with one attached hydrogen (secondary N) is 1. The molecule has 1 aliphatic rings. The van der Waals surface area contributed by atoms with Gasteiger partial charge in [-0.3, -0.25) is 0 Å². The highest BCUT2D eigenvalue weighted by Crippen LogP contribution is 2.48. The van der Waals surface area contributed by atoms with Crippen LogP contribution in [0.4, 0.5) is 0 Å². The molecule has 0 unspecified atom stereocenters. The molecule has 2 rings (SSSR count). The molecular weight excluding hydrogens is 202 g/mol. The van der Waals surface area contributed by atoms with Gasteiger partial charge in [-0.2, -0.15) is 0 Å². The van der Waals surface area contributed by atoms with Crippen molar-refractivity contribution in [2.75, 3.05) is 13.1 Å². The van der Waals surface area contributed by atoms with E-state index in [-0.39, 0.29) is 0 Å². The molecule has 1 saturated carbocycles. The zero-order chi connectivity index (χ0) is 10.7. The average Bonchev–Trinajstić information content (AvgIpc) is 2.74. The number of hydrogen-bond acceptors (Lipinski definition) is 2. The summed E-state index contributed by atoms with van der Waals surface area (Å²) in [6.45, 7) is 6.91. The minimum Gasteiger partial charge on any atom is -0.316 e. The van der Waals surface area contributed by atoms with Crippen molar-refractivity contribution in [3.63, 3.8) is 0 Å². The zero-order valence-corrected chi connectivity index (χ0v) is 10.6. The van der Waals surface area contributed by atoms with E-state index < -0.39 is 0 Å². The lowest BCUT2D eigenvalue weighted by Crippen LogP contribution is -2.28. The van der Waals surface area contributed by atoms with Crippen molar-refractivity contribution in [1.29, 1.82) is 0 Å². The van der Waals surface area contributed by atoms with Crippen molar-refractivity contribution in [2.45, 2.75) is 33.1 Å². The molecule has 84 valence electrons. The molecule has 0 bridgehead atoms. The topological polar surface area (TPSA) is 12.0 Å². The number of thiophene rings is 1. The van der Waals surface area contributed by atoms with E-state index >= 15 is 0 Å². The van der Waals surface area contributed by atoms with Crippen LogP contribution in [0.3, 0.4) is 0 Å². The van der Waals surface area contributed by atoms with E-state index in [9.17, 15) is 0 Å². The molecule has 0 saturated heterocycles. The highest BCUT2D eigenvalue weighted by atomic mass is 32.1. The third-order valence-corrected chi connectivity index (χ3v) is 4.02. The second kappa shape index (κ2) is 4.67. The largest absolute Gasteiger partial charge is 0.316 e. The summed E-state index contributed by atoms with van der Waals surface area (Å²) in [6.07, 6.45) is 4.11. The fourth-order valence-electron chi connectivity index (χ4n) is 2.00. The van der Waals surface area contributed by atoms with Crippen molar-refractivity contribution in [3.8, 4) is 0 Å². The quantitative estimate of drug-likeness (QED) is 0.780. The molecule has 1 nitrogen and oxygen atoms in total. The molecule has 1 aromatic rings. The second-order valence-electron chi connectivity index (χ2n) is 5.28. The Hall–Kier alpha value is -0.340. The van der Waals surface area contributed by atoms with Crippen molar-refractivity contribution in [1.82, 2.24) is 5.32 Å². The molecule has 2 heteroatoms. The summed E-state index contributed by atoms with van der Waals surface area (Å²) in [5.41, 5.74) is 0.611. The average molecular weight is 223 g/mol. The molecule has 0 atom stereocenters. The smallest absolute Gasteiger partial charge is 0.00512 e. The monoisotopic (exact) mass is 223 g/mol. The van der Waals surface area contributed by atoms with Gasteiger partial charge >= 0.3 is 0 Å². The minimum atomic E-state index is 0.611. The normalized spacial score (nSPS) is 18.3. The van der Waals surface area contributed by atoms with Gasteiger partial charge in [0.25, 0.3) is 0 Å². The Morgan fingerprint density at radius 1 is 1.47 bits per heavy atom. The van der Waals surface area contributed by atoms with Crippen molar-refractivity contribution < 1.29 is 0 Å². The third-order valence-electron chi connectivity index (χ3n) is 3.14. The molecule has 1 aliphatic carbocycles. The summed E-state index contributed by atoms with van der Waals surface area (Å²) < 4.78 is 0. The fourth-order valence-corrected chi connectivity index (χ4v) is 2.88. The van der Waals surface area contributed by atoms with Crippen LogP contribution in [0.2, 0.25) is 0 Å². The molecule has 0 spiro atoms. The molecule has 1 heterocycles. The van der Waals surface area contributed by atoms with Gasteiger partial charge in [-0.15, -0.1) is 11.3 Å². The van der Waals surface area contributed by atoms with Crippen LogP contribution in [0.25, 0.3) is 0 Å². The maximum absolute atomic E-state index is 3.60. The van der Waals surface area contributed by atoms with Gasteiger partial charge in [0.05, 0.1) is 0 Å². The summed E-state index contributed by atoms with van der Waals surface area (Å²) in [4.78, 5) is 1.55. The summed E-state index contributed by atoms with van der Waals surface area (Å²) in [7, 11) is 0. The lowest BCUT2D eigenvalue weighted by atomic mass is 10.0. The molecule has 1 fully saturated rings. The first-order valence-corrected chi connectivity index (χ1v) is 6.81. The van der Waals surface area contributed by atoms with Gasteiger partial charge in [0.1, 0.15) is 0 Å². The van der Waals surface area contributed by atoms with Crippen molar-refractivity contribution in [3.05, 3.63) is 22.4 Å². The van der Waals surface area contributed by atoms with E-state index in [1.54, 1.807) is 4.88 Å². The summed E-state index contributed by atoms with van der Waals surface area (Å²) in [6, 6.07) is 4.44. The SMILES string of the molecule is CC(C)CNCC1(Cc2cccs2)CC1. The van der Waals surface area contributed by atoms with Gasteiger partial charge in [0.15, 0.2) is 0 Å². The van der Waals surface area contributed by atoms with E-state index in [1.165, 1.54) is 25.8 Å². The molecule has 0 radical (unpaired) electrons. The molecule has 15 heavy (non-hydrogen) atoms. The molecule has 0 aliphatic heterocycles. The van der Waals surface area contributed by atoms with E-state index in [4.69, 9.17) is 0 Å². The predicted molar refractivity (Wildman–Crippen MR) is 67.4 cm³/mol. The Balaban J connectivity index is 1.76. The van der Waals surface area contributed by atoms with Gasteiger partial charge in [-0.05, 0) is 48.6 Å². The zero-order valence-electron chi connectivity index (χ0n) is 9.75. The van der Waals surface area contributed by atoms with Crippen molar-refractivity contribution in [2.24, 2.45) is 11.3 Å². The van der Waals surface area contributed by atoms with Gasteiger partial charge in [0.2, 0.25) is 0 Å². The Morgan fingerprint density at radius 3 is 2.80 bits per heavy atom. The van der Waals surface area contributed by atoms with Crippen LogP contribution in [0.5, 0.6) is 0 Å². The number of rotatable bonds is 6. The van der Waals surface area contributed by atoms with Gasteiger partial charge in [-0.1, -0.05) is 19.9 Å². The maximum atomic E-state index is 3.60. The van der Waals surface area contributed by atoms with E-state index in [1.807, 2.05) is 11.3 Å². The van der Waals surface area contributed by atoms with Gasteiger partial charge in [-0.25, -0.2) is 0 Å². The first kappa shape index (κ1) is 11.2. The highest BCUT2D eigenvalue weighted by molar-refractivity contribution is 7.09. The van der Waals surface area contributed by atoms with E-state index in [0.717, 1.165) is 12.5 Å². The predicted octanol–water partition coefficient (Wildman–Crippen LogP) is 3.32. The molecule has 1 aromatic heterocycles. The highest BCUT2D eigenvalue weighted by Gasteiger charge is 2.42. The lowest BCUT2D eigenvalue weighted by molar-refractivity contribution is 0.434. The van der Waals surface area contributed by atoms with Gasteiger partial charge in [0, 0.05) is 11.4 Å². The van der Waals surface area contributed by atoms with Crippen LogP contribution in [-0.4, -0.2) is 13.1 Å². The minimum absolute atomic E-state index is 0.611. The Bertz CT molecular complexity index is 285. The third kappa shape index (κ3) is 3.32. The first-order chi connectivity index (χ1) is 7.20. The summed E-state index contributed by atoms with van der Waals surface area (Å²) in [5.74, 6) is 0.766. The summed E-state index contributed by atoms with van der Waals surface area (Å²) >= 11 is 1.90. The molecular formula is C13H21NS.